The lowest BCUT2D eigenvalue weighted by Crippen LogP contribution is -3.00. The Morgan fingerprint density at radius 3 is 2.21 bits per heavy atom. The molecule has 0 atom stereocenters. The number of amides is 1. The number of fused-ring (bicyclic) bond motifs is 2. The van der Waals surface area contributed by atoms with E-state index in [0.717, 1.165) is 71.4 Å². The maximum atomic E-state index is 12.5. The number of carbonyl (C=O) groups excluding carboxylic acids is 1. The van der Waals surface area contributed by atoms with E-state index in [4.69, 9.17) is 5.73 Å². The molecular weight excluding hydrogens is 718 g/mol. The summed E-state index contributed by atoms with van der Waals surface area (Å²) >= 11 is 0. The van der Waals surface area contributed by atoms with Crippen molar-refractivity contribution in [1.29, 1.82) is 0 Å². The van der Waals surface area contributed by atoms with E-state index in [1.165, 1.54) is 78.9 Å². The molecule has 7 heteroatoms. The number of nitrogens with two attached hydrogens (primary N) is 1. The Bertz CT molecular complexity index is 1540. The predicted octanol–water partition coefficient (Wildman–Crippen LogP) is 6.62. The molecule has 0 spiro atoms. The molecule has 2 aliphatic heterocycles. The molecule has 53 heavy (non-hydrogen) atoms. The molecular formula is C46H70BrN5O. The summed E-state index contributed by atoms with van der Waals surface area (Å²) in [5.41, 5.74) is 13.6. The highest BCUT2D eigenvalue weighted by Gasteiger charge is 2.44. The van der Waals surface area contributed by atoms with Gasteiger partial charge in [-0.1, -0.05) is 108 Å². The number of anilines is 1. The smallest absolute Gasteiger partial charge is 0.219 e. The lowest BCUT2D eigenvalue weighted by Gasteiger charge is -2.27. The minimum atomic E-state index is -0.0788. The number of carbonyl (C=O) groups is 1. The molecule has 0 fully saturated rings. The van der Waals surface area contributed by atoms with Crippen molar-refractivity contribution in [1.82, 2.24) is 10.6 Å². The SMILES string of the molecule is CCCCN1/C(=C/C=C/C=C/C2=[N+](CCCCCC(=O)NCCCNCCCCCCCCN)c3ccccc3C2(C)C)C(C)(C)c2ccccc21.[Br-]. The Hall–Kier alpha value is -3.00. The van der Waals surface area contributed by atoms with Gasteiger partial charge in [0.25, 0.3) is 0 Å². The largest absolute Gasteiger partial charge is 1.00 e. The Labute approximate surface area is 333 Å². The van der Waals surface area contributed by atoms with Gasteiger partial charge in [0.05, 0.1) is 5.41 Å². The average Bonchev–Trinajstić information content (AvgIpc) is 3.49. The molecule has 0 aliphatic carbocycles. The molecule has 2 aromatic carbocycles. The van der Waals surface area contributed by atoms with Crippen LogP contribution in [0, 0.1) is 0 Å². The first-order chi connectivity index (χ1) is 25.2. The lowest BCUT2D eigenvalue weighted by molar-refractivity contribution is -0.438. The first-order valence-corrected chi connectivity index (χ1v) is 20.6. The first-order valence-electron chi connectivity index (χ1n) is 20.6. The molecule has 0 saturated carbocycles. The van der Waals surface area contributed by atoms with Gasteiger partial charge in [0.2, 0.25) is 11.6 Å². The highest BCUT2D eigenvalue weighted by Crippen LogP contribution is 2.47. The number of hydrogen-bond acceptors (Lipinski definition) is 4. The van der Waals surface area contributed by atoms with Crippen LogP contribution in [0.2, 0.25) is 0 Å². The van der Waals surface area contributed by atoms with Crippen molar-refractivity contribution in [2.24, 2.45) is 5.73 Å². The quantitative estimate of drug-likeness (QED) is 0.0636. The Kier molecular flexibility index (Phi) is 19.3. The van der Waals surface area contributed by atoms with Gasteiger partial charge >= 0.3 is 0 Å². The van der Waals surface area contributed by atoms with E-state index in [2.05, 4.69) is 134 Å². The average molecular weight is 789 g/mol. The molecule has 2 aromatic rings. The molecule has 0 bridgehead atoms. The molecule has 0 aromatic heterocycles. The van der Waals surface area contributed by atoms with Crippen LogP contribution in [0.1, 0.15) is 129 Å². The zero-order valence-electron chi connectivity index (χ0n) is 33.7. The van der Waals surface area contributed by atoms with Crippen LogP contribution in [0.3, 0.4) is 0 Å². The van der Waals surface area contributed by atoms with Gasteiger partial charge in [0, 0.05) is 60.4 Å². The van der Waals surface area contributed by atoms with Crippen LogP contribution in [-0.2, 0) is 15.6 Å². The summed E-state index contributed by atoms with van der Waals surface area (Å²) in [6.07, 6.45) is 25.8. The molecule has 2 heterocycles. The summed E-state index contributed by atoms with van der Waals surface area (Å²) in [7, 11) is 0. The van der Waals surface area contributed by atoms with Crippen molar-refractivity contribution in [3.8, 4) is 0 Å². The standard InChI is InChI=1S/C46H69N5O.BrH/c1-6-7-36-50-40-27-19-17-25-38(40)45(2,3)42(50)29-14-12-15-30-43-46(4,5)39-26-18-20-28-41(39)51(43)37-23-13-16-31-44(52)49-35-24-34-48-33-22-11-9-8-10-21-32-47;/h12,14-15,17-20,25-30,48H,6-11,13,16,21-24,31-37,47H2,1-5H3;1H. The number of benzene rings is 2. The van der Waals surface area contributed by atoms with Crippen LogP contribution in [-0.4, -0.2) is 55.5 Å². The van der Waals surface area contributed by atoms with Crippen molar-refractivity contribution in [3.05, 3.63) is 95.7 Å². The van der Waals surface area contributed by atoms with E-state index < -0.39 is 0 Å². The van der Waals surface area contributed by atoms with Crippen molar-refractivity contribution in [3.63, 3.8) is 0 Å². The number of nitrogens with one attached hydrogen (secondary N) is 2. The zero-order valence-corrected chi connectivity index (χ0v) is 35.3. The van der Waals surface area contributed by atoms with E-state index in [1.54, 1.807) is 0 Å². The van der Waals surface area contributed by atoms with Crippen LogP contribution in [0.15, 0.2) is 84.6 Å². The molecule has 0 radical (unpaired) electrons. The number of halogens is 1. The fraction of sp³-hybridized carbons (Fsp3) is 0.565. The highest BCUT2D eigenvalue weighted by atomic mass is 79.9. The fourth-order valence-electron chi connectivity index (χ4n) is 7.93. The van der Waals surface area contributed by atoms with Crippen LogP contribution < -0.4 is 38.2 Å². The Morgan fingerprint density at radius 2 is 1.43 bits per heavy atom. The summed E-state index contributed by atoms with van der Waals surface area (Å²) in [6.45, 7) is 17.2. The van der Waals surface area contributed by atoms with Crippen LogP contribution >= 0.6 is 0 Å². The molecule has 4 rings (SSSR count). The molecule has 1 amide bonds. The van der Waals surface area contributed by atoms with Gasteiger partial charge in [0.1, 0.15) is 6.54 Å². The normalized spacial score (nSPS) is 16.5. The Morgan fingerprint density at radius 1 is 0.755 bits per heavy atom. The van der Waals surface area contributed by atoms with E-state index in [0.29, 0.717) is 6.42 Å². The summed E-state index contributed by atoms with van der Waals surface area (Å²) < 4.78 is 2.51. The number of allylic oxidation sites excluding steroid dienone is 6. The molecule has 2 aliphatic rings. The minimum Gasteiger partial charge on any atom is -1.00 e. The third-order valence-electron chi connectivity index (χ3n) is 11.0. The second-order valence-corrected chi connectivity index (χ2v) is 15.8. The molecule has 292 valence electrons. The van der Waals surface area contributed by atoms with Crippen molar-refractivity contribution >= 4 is 23.0 Å². The summed E-state index contributed by atoms with van der Waals surface area (Å²) in [6, 6.07) is 17.7. The van der Waals surface area contributed by atoms with Crippen molar-refractivity contribution < 1.29 is 26.4 Å². The second kappa shape index (κ2) is 23.0. The summed E-state index contributed by atoms with van der Waals surface area (Å²) in [4.78, 5) is 15.0. The van der Waals surface area contributed by atoms with Gasteiger partial charge in [-0.25, -0.2) is 0 Å². The van der Waals surface area contributed by atoms with Gasteiger partial charge in [-0.2, -0.15) is 4.58 Å². The molecule has 0 unspecified atom stereocenters. The van der Waals surface area contributed by atoms with E-state index >= 15 is 0 Å². The topological polar surface area (TPSA) is 73.4 Å². The van der Waals surface area contributed by atoms with Crippen LogP contribution in [0.4, 0.5) is 11.4 Å². The molecule has 0 saturated heterocycles. The molecule has 6 nitrogen and oxygen atoms in total. The number of hydrogen-bond donors (Lipinski definition) is 3. The fourth-order valence-corrected chi connectivity index (χ4v) is 7.93. The predicted molar refractivity (Wildman–Crippen MR) is 223 cm³/mol. The van der Waals surface area contributed by atoms with Crippen LogP contribution in [0.5, 0.6) is 0 Å². The first kappa shape index (κ1) is 44.4. The minimum absolute atomic E-state index is 0. The number of para-hydroxylation sites is 2. The summed E-state index contributed by atoms with van der Waals surface area (Å²) in [5, 5.41) is 6.64. The van der Waals surface area contributed by atoms with Gasteiger partial charge in [-0.15, -0.1) is 0 Å². The van der Waals surface area contributed by atoms with Crippen molar-refractivity contribution in [2.45, 2.75) is 129 Å². The number of rotatable bonds is 24. The number of nitrogens with zero attached hydrogens (tertiary/aromatic N) is 2. The van der Waals surface area contributed by atoms with Crippen LogP contribution in [0.25, 0.3) is 0 Å². The van der Waals surface area contributed by atoms with Gasteiger partial charge in [-0.3, -0.25) is 4.79 Å². The molecule has 4 N–H and O–H groups in total. The van der Waals surface area contributed by atoms with E-state index in [-0.39, 0.29) is 33.7 Å². The third kappa shape index (κ3) is 12.5. The van der Waals surface area contributed by atoms with Gasteiger partial charge < -0.3 is 38.2 Å². The van der Waals surface area contributed by atoms with Gasteiger partial charge in [0.15, 0.2) is 5.71 Å². The van der Waals surface area contributed by atoms with E-state index in [1.807, 2.05) is 0 Å². The Balaban J connectivity index is 0.00000756. The summed E-state index contributed by atoms with van der Waals surface area (Å²) in [5.74, 6) is 0.181. The monoisotopic (exact) mass is 787 g/mol. The van der Waals surface area contributed by atoms with Gasteiger partial charge in [-0.05, 0) is 89.7 Å². The number of unbranched alkanes of at least 4 members (excludes halogenated alkanes) is 8. The maximum Gasteiger partial charge on any atom is 0.219 e. The van der Waals surface area contributed by atoms with E-state index in [9.17, 15) is 4.79 Å². The third-order valence-corrected chi connectivity index (χ3v) is 11.0. The highest BCUT2D eigenvalue weighted by molar-refractivity contribution is 6.03. The van der Waals surface area contributed by atoms with Crippen molar-refractivity contribution in [2.75, 3.05) is 44.2 Å². The lowest BCUT2D eigenvalue weighted by atomic mass is 9.81. The maximum absolute atomic E-state index is 12.5. The zero-order chi connectivity index (χ0) is 37.2. The second-order valence-electron chi connectivity index (χ2n) is 15.8.